The highest BCUT2D eigenvalue weighted by atomic mass is 32.2. The van der Waals surface area contributed by atoms with E-state index in [-0.39, 0.29) is 23.3 Å². The number of carbonyl (C=O) groups is 2. The van der Waals surface area contributed by atoms with Crippen molar-refractivity contribution in [2.75, 3.05) is 52.6 Å². The molecule has 32 heavy (non-hydrogen) atoms. The Morgan fingerprint density at radius 2 is 1.78 bits per heavy atom. The first-order valence-electron chi connectivity index (χ1n) is 9.60. The molecule has 1 aliphatic rings. The molecule has 14 heteroatoms. The van der Waals surface area contributed by atoms with Crippen LogP contribution in [0.4, 0.5) is 13.2 Å². The topological polar surface area (TPSA) is 96.7 Å². The molecule has 0 aliphatic carbocycles. The van der Waals surface area contributed by atoms with Crippen LogP contribution in [0.25, 0.3) is 5.69 Å². The standard InChI is InChI=1S/C18H22F3N7O3S/c1-25(2)15(29)11-26-7-9-27(10-8-26)16(30)12-32-17-22-23-24-28(17)13-3-5-14(6-4-13)31-18(19,20)21/h3-6H,7-12H2,1-2H3. The first-order valence-corrected chi connectivity index (χ1v) is 10.6. The minimum atomic E-state index is -4.77. The Labute approximate surface area is 186 Å². The summed E-state index contributed by atoms with van der Waals surface area (Å²) in [6, 6.07) is 5.09. The third-order valence-electron chi connectivity index (χ3n) is 4.66. The minimum absolute atomic E-state index is 0.0187. The molecular formula is C18H22F3N7O3S. The number of hydrogen-bond donors (Lipinski definition) is 0. The van der Waals surface area contributed by atoms with Crippen LogP contribution in [-0.2, 0) is 9.59 Å². The lowest BCUT2D eigenvalue weighted by molar-refractivity contribution is -0.274. The Balaban J connectivity index is 1.52. The van der Waals surface area contributed by atoms with Crippen molar-refractivity contribution in [3.8, 4) is 11.4 Å². The monoisotopic (exact) mass is 473 g/mol. The zero-order chi connectivity index (χ0) is 23.3. The van der Waals surface area contributed by atoms with E-state index in [9.17, 15) is 22.8 Å². The van der Waals surface area contributed by atoms with Gasteiger partial charge in [-0.2, -0.15) is 4.68 Å². The molecule has 1 aliphatic heterocycles. The molecule has 0 atom stereocenters. The number of benzene rings is 1. The molecule has 0 bridgehead atoms. The summed E-state index contributed by atoms with van der Waals surface area (Å²) >= 11 is 1.13. The van der Waals surface area contributed by atoms with E-state index in [4.69, 9.17) is 0 Å². The minimum Gasteiger partial charge on any atom is -0.406 e. The van der Waals surface area contributed by atoms with Crippen LogP contribution in [0.2, 0.25) is 0 Å². The highest BCUT2D eigenvalue weighted by molar-refractivity contribution is 7.99. The zero-order valence-electron chi connectivity index (χ0n) is 17.4. The van der Waals surface area contributed by atoms with Gasteiger partial charge in [0.2, 0.25) is 17.0 Å². The largest absolute Gasteiger partial charge is 0.573 e. The summed E-state index contributed by atoms with van der Waals surface area (Å²) in [6.07, 6.45) is -4.77. The molecule has 0 unspecified atom stereocenters. The fourth-order valence-electron chi connectivity index (χ4n) is 2.93. The number of hydrogen-bond acceptors (Lipinski definition) is 8. The maximum atomic E-state index is 12.6. The summed E-state index contributed by atoms with van der Waals surface area (Å²) in [7, 11) is 3.41. The first-order chi connectivity index (χ1) is 15.1. The van der Waals surface area contributed by atoms with E-state index in [1.807, 2.05) is 4.90 Å². The molecule has 1 aromatic carbocycles. The number of nitrogens with zero attached hydrogens (tertiary/aromatic N) is 7. The normalized spacial score (nSPS) is 15.0. The van der Waals surface area contributed by atoms with Crippen molar-refractivity contribution in [3.63, 3.8) is 0 Å². The van der Waals surface area contributed by atoms with Crippen LogP contribution in [0.1, 0.15) is 0 Å². The highest BCUT2D eigenvalue weighted by Crippen LogP contribution is 2.25. The van der Waals surface area contributed by atoms with Gasteiger partial charge in [-0.15, -0.1) is 18.3 Å². The van der Waals surface area contributed by atoms with Crippen LogP contribution in [-0.4, -0.2) is 106 Å². The second kappa shape index (κ2) is 10.2. The van der Waals surface area contributed by atoms with Gasteiger partial charge in [0, 0.05) is 40.3 Å². The lowest BCUT2D eigenvalue weighted by Crippen LogP contribution is -2.51. The number of halogens is 3. The number of thioether (sulfide) groups is 1. The number of ether oxygens (including phenoxy) is 1. The lowest BCUT2D eigenvalue weighted by Gasteiger charge is -2.34. The van der Waals surface area contributed by atoms with Crippen molar-refractivity contribution in [2.45, 2.75) is 11.5 Å². The van der Waals surface area contributed by atoms with Crippen LogP contribution in [0.15, 0.2) is 29.4 Å². The van der Waals surface area contributed by atoms with Gasteiger partial charge in [-0.1, -0.05) is 11.8 Å². The Morgan fingerprint density at radius 1 is 1.12 bits per heavy atom. The van der Waals surface area contributed by atoms with Crippen LogP contribution < -0.4 is 4.74 Å². The van der Waals surface area contributed by atoms with E-state index in [1.54, 1.807) is 19.0 Å². The Kier molecular flexibility index (Phi) is 7.56. The van der Waals surface area contributed by atoms with Crippen molar-refractivity contribution in [3.05, 3.63) is 24.3 Å². The van der Waals surface area contributed by atoms with E-state index >= 15 is 0 Å². The molecule has 0 saturated carbocycles. The number of amides is 2. The van der Waals surface area contributed by atoms with Gasteiger partial charge in [0.25, 0.3) is 0 Å². The molecule has 2 heterocycles. The molecule has 0 N–H and O–H groups in total. The van der Waals surface area contributed by atoms with Gasteiger partial charge in [-0.25, -0.2) is 0 Å². The number of piperazine rings is 1. The van der Waals surface area contributed by atoms with Crippen LogP contribution in [0.5, 0.6) is 5.75 Å². The molecule has 3 rings (SSSR count). The van der Waals surface area contributed by atoms with E-state index in [1.165, 1.54) is 21.7 Å². The summed E-state index contributed by atoms with van der Waals surface area (Å²) in [6.45, 7) is 2.59. The van der Waals surface area contributed by atoms with Crippen molar-refractivity contribution in [1.29, 1.82) is 0 Å². The second-order valence-electron chi connectivity index (χ2n) is 7.15. The van der Waals surface area contributed by atoms with Crippen molar-refractivity contribution in [1.82, 2.24) is 34.9 Å². The molecule has 1 saturated heterocycles. The maximum absolute atomic E-state index is 12.6. The molecule has 0 radical (unpaired) electrons. The van der Waals surface area contributed by atoms with Gasteiger partial charge >= 0.3 is 6.36 Å². The molecule has 2 aromatic rings. The summed E-state index contributed by atoms with van der Waals surface area (Å²) < 4.78 is 42.1. The van der Waals surface area contributed by atoms with Gasteiger partial charge in [0.1, 0.15) is 5.75 Å². The van der Waals surface area contributed by atoms with Gasteiger partial charge in [0.15, 0.2) is 0 Å². The van der Waals surface area contributed by atoms with Crippen LogP contribution in [0.3, 0.4) is 0 Å². The summed E-state index contributed by atoms with van der Waals surface area (Å²) in [5, 5.41) is 11.6. The quantitative estimate of drug-likeness (QED) is 0.547. The number of alkyl halides is 3. The Bertz CT molecular complexity index is 929. The number of likely N-dealkylation sites (N-methyl/N-ethyl adjacent to an activating group) is 1. The second-order valence-corrected chi connectivity index (χ2v) is 8.09. The maximum Gasteiger partial charge on any atom is 0.573 e. The zero-order valence-corrected chi connectivity index (χ0v) is 18.3. The van der Waals surface area contributed by atoms with Crippen molar-refractivity contribution < 1.29 is 27.5 Å². The van der Waals surface area contributed by atoms with Crippen molar-refractivity contribution in [2.24, 2.45) is 0 Å². The predicted octanol–water partition coefficient (Wildman–Crippen LogP) is 0.885. The summed E-state index contributed by atoms with van der Waals surface area (Å²) in [5.41, 5.74) is 0.429. The van der Waals surface area contributed by atoms with Crippen molar-refractivity contribution >= 4 is 23.6 Å². The smallest absolute Gasteiger partial charge is 0.406 e. The number of aromatic nitrogens is 4. The Morgan fingerprint density at radius 3 is 2.38 bits per heavy atom. The van der Waals surface area contributed by atoms with Gasteiger partial charge in [0.05, 0.1) is 18.0 Å². The average molecular weight is 473 g/mol. The summed E-state index contributed by atoms with van der Waals surface area (Å²) in [4.78, 5) is 29.6. The fraction of sp³-hybridized carbons (Fsp3) is 0.500. The molecule has 0 spiro atoms. The molecular weight excluding hydrogens is 451 g/mol. The fourth-order valence-corrected chi connectivity index (χ4v) is 3.72. The Hall–Kier alpha value is -2.87. The number of tetrazole rings is 1. The third kappa shape index (κ3) is 6.56. The number of carbonyl (C=O) groups excluding carboxylic acids is 2. The van der Waals surface area contributed by atoms with Crippen LogP contribution in [0, 0.1) is 0 Å². The highest BCUT2D eigenvalue weighted by Gasteiger charge is 2.31. The van der Waals surface area contributed by atoms with Gasteiger partial charge in [-0.05, 0) is 34.7 Å². The first kappa shape index (κ1) is 23.8. The predicted molar refractivity (Wildman–Crippen MR) is 108 cm³/mol. The summed E-state index contributed by atoms with van der Waals surface area (Å²) in [5.74, 6) is -0.320. The molecule has 1 fully saturated rings. The molecule has 174 valence electrons. The molecule has 10 nitrogen and oxygen atoms in total. The van der Waals surface area contributed by atoms with Gasteiger partial charge in [-0.3, -0.25) is 14.5 Å². The third-order valence-corrected chi connectivity index (χ3v) is 5.57. The van der Waals surface area contributed by atoms with E-state index in [0.29, 0.717) is 43.6 Å². The van der Waals surface area contributed by atoms with E-state index in [2.05, 4.69) is 20.3 Å². The van der Waals surface area contributed by atoms with E-state index < -0.39 is 6.36 Å². The van der Waals surface area contributed by atoms with Gasteiger partial charge < -0.3 is 14.5 Å². The lowest BCUT2D eigenvalue weighted by atomic mass is 10.3. The average Bonchev–Trinajstić information content (AvgIpc) is 3.20. The molecule has 2 amide bonds. The van der Waals surface area contributed by atoms with Crippen LogP contribution >= 0.6 is 11.8 Å². The molecule has 1 aromatic heterocycles. The van der Waals surface area contributed by atoms with E-state index in [0.717, 1.165) is 23.9 Å². The SMILES string of the molecule is CN(C)C(=O)CN1CCN(C(=O)CSc2nnnn2-c2ccc(OC(F)(F)F)cc2)CC1. The number of rotatable bonds is 7.